The Morgan fingerprint density at radius 3 is 2.32 bits per heavy atom. The second-order valence-electron chi connectivity index (χ2n) is 15.4. The fraction of sp³-hybridized carbons (Fsp3) is 0.595. The van der Waals surface area contributed by atoms with Crippen molar-refractivity contribution in [2.45, 2.75) is 114 Å². The van der Waals surface area contributed by atoms with Crippen molar-refractivity contribution in [3.05, 3.63) is 47.7 Å². The highest BCUT2D eigenvalue weighted by atomic mass is 35.6. The van der Waals surface area contributed by atoms with Crippen LogP contribution in [-0.4, -0.2) is 88.3 Å². The monoisotopic (exact) mass is 813 g/mol. The average molecular weight is 815 g/mol. The van der Waals surface area contributed by atoms with E-state index in [1.807, 2.05) is 37.3 Å². The van der Waals surface area contributed by atoms with Crippen LogP contribution in [0.5, 0.6) is 0 Å². The number of aliphatic hydroxyl groups is 1. The third-order valence-corrected chi connectivity index (χ3v) is 14.5. The number of hydrazine groups is 1. The van der Waals surface area contributed by atoms with Gasteiger partial charge in [0, 0.05) is 11.9 Å². The lowest BCUT2D eigenvalue weighted by Crippen LogP contribution is -2.61. The Morgan fingerprint density at radius 1 is 1.06 bits per heavy atom. The lowest BCUT2D eigenvalue weighted by molar-refractivity contribution is -0.152. The van der Waals surface area contributed by atoms with E-state index in [2.05, 4.69) is 54.9 Å². The largest absolute Gasteiger partial charge is 0.460 e. The van der Waals surface area contributed by atoms with Gasteiger partial charge in [-0.1, -0.05) is 99.8 Å². The molecule has 4 N–H and O–H groups in total. The van der Waals surface area contributed by atoms with Gasteiger partial charge < -0.3 is 24.9 Å². The summed E-state index contributed by atoms with van der Waals surface area (Å²) in [5.74, 6) is -3.20. The fourth-order valence-corrected chi connectivity index (χ4v) is 7.10. The normalized spacial score (nSPS) is 18.1. The molecule has 1 aliphatic rings. The topological polar surface area (TPSA) is 159 Å². The number of nitrogens with one attached hydrogen (secondary N) is 3. The van der Waals surface area contributed by atoms with E-state index < -0.39 is 72.6 Å². The van der Waals surface area contributed by atoms with E-state index in [0.29, 0.717) is 30.6 Å². The van der Waals surface area contributed by atoms with Crippen molar-refractivity contribution in [2.75, 3.05) is 13.2 Å². The molecule has 3 rings (SSSR count). The molecule has 0 saturated carbocycles. The third-order valence-electron chi connectivity index (χ3n) is 9.62. The van der Waals surface area contributed by atoms with Gasteiger partial charge in [0.1, 0.15) is 24.7 Å². The molecule has 0 bridgehead atoms. The number of amides is 3. The average Bonchev–Trinajstić information content (AvgIpc) is 3.07. The Hall–Kier alpha value is -2.78. The summed E-state index contributed by atoms with van der Waals surface area (Å²) < 4.78 is 9.98. The van der Waals surface area contributed by atoms with E-state index in [1.165, 1.54) is 11.9 Å². The van der Waals surface area contributed by atoms with E-state index in [1.54, 1.807) is 26.0 Å². The molecule has 0 radical (unpaired) electrons. The second kappa shape index (κ2) is 18.7. The Labute approximate surface area is 328 Å². The minimum atomic E-state index is -2.31. The van der Waals surface area contributed by atoms with Crippen LogP contribution in [0.4, 0.5) is 0 Å². The standard InChI is InChI=1S/C37H54Cl3N5O7Si/c1-22(2)31(33(48)41-23(3)34(49)45-18-10-11-29(44-45)35(50)51-21-37(38,39)40)43-32(47)28(24(4)52-53(8,9)36(5,6)7)17-13-25-12-14-26-15-16-27(20-46)42-30(26)19-25/h12-17,19,22-24,28-29,31,44,46H,10-11,18,20-21H2,1-9H3,(H,41,48)(H,43,47)/b17-13+/t23-,24?,28+,29?,31?/m0/s1. The minimum Gasteiger partial charge on any atom is -0.460 e. The van der Waals surface area contributed by atoms with Crippen LogP contribution in [0.1, 0.15) is 72.6 Å². The van der Waals surface area contributed by atoms with Crippen LogP contribution in [0.15, 0.2) is 36.4 Å². The van der Waals surface area contributed by atoms with Crippen molar-refractivity contribution in [3.8, 4) is 0 Å². The summed E-state index contributed by atoms with van der Waals surface area (Å²) >= 11 is 17.1. The molecule has 1 saturated heterocycles. The number of nitrogens with zero attached hydrogens (tertiary/aromatic N) is 2. The number of esters is 1. The van der Waals surface area contributed by atoms with Gasteiger partial charge in [0.15, 0.2) is 8.32 Å². The van der Waals surface area contributed by atoms with Crippen LogP contribution < -0.4 is 16.1 Å². The minimum absolute atomic E-state index is 0.114. The number of hydrogen-bond acceptors (Lipinski definition) is 9. The molecule has 2 aromatic rings. The van der Waals surface area contributed by atoms with Gasteiger partial charge in [0.05, 0.1) is 29.8 Å². The predicted molar refractivity (Wildman–Crippen MR) is 211 cm³/mol. The molecular formula is C37H54Cl3N5O7Si. The van der Waals surface area contributed by atoms with Crippen molar-refractivity contribution >= 4 is 83.8 Å². The summed E-state index contributed by atoms with van der Waals surface area (Å²) in [5, 5.41) is 17.3. The Morgan fingerprint density at radius 2 is 1.72 bits per heavy atom. The van der Waals surface area contributed by atoms with Gasteiger partial charge in [0.25, 0.3) is 5.91 Å². The highest BCUT2D eigenvalue weighted by Crippen LogP contribution is 2.38. The Balaban J connectivity index is 1.79. The number of ether oxygens (including phenoxy) is 1. The van der Waals surface area contributed by atoms with Gasteiger partial charge in [-0.05, 0) is 68.4 Å². The summed E-state index contributed by atoms with van der Waals surface area (Å²) in [6.07, 6.45) is 3.98. The zero-order valence-corrected chi connectivity index (χ0v) is 35.2. The molecule has 294 valence electrons. The Kier molecular flexibility index (Phi) is 15.7. The summed E-state index contributed by atoms with van der Waals surface area (Å²) in [5.41, 5.74) is 4.91. The third kappa shape index (κ3) is 12.9. The van der Waals surface area contributed by atoms with E-state index >= 15 is 0 Å². The van der Waals surface area contributed by atoms with Crippen LogP contribution in [0.3, 0.4) is 0 Å². The van der Waals surface area contributed by atoms with E-state index in [0.717, 1.165) is 10.9 Å². The maximum atomic E-state index is 14.1. The maximum absolute atomic E-state index is 14.1. The number of fused-ring (bicyclic) bond motifs is 1. The molecule has 12 nitrogen and oxygen atoms in total. The van der Waals surface area contributed by atoms with Crippen molar-refractivity contribution < 1.29 is 33.4 Å². The summed E-state index contributed by atoms with van der Waals surface area (Å²) in [7, 11) is -2.31. The molecule has 1 aliphatic heterocycles. The first-order chi connectivity index (χ1) is 24.5. The number of alkyl halides is 3. The van der Waals surface area contributed by atoms with Gasteiger partial charge in [-0.15, -0.1) is 0 Å². The number of rotatable bonds is 14. The number of aromatic nitrogens is 1. The smallest absolute Gasteiger partial charge is 0.325 e. The van der Waals surface area contributed by atoms with E-state index in [4.69, 9.17) is 44.0 Å². The zero-order valence-electron chi connectivity index (χ0n) is 32.0. The molecule has 2 heterocycles. The summed E-state index contributed by atoms with van der Waals surface area (Å²) in [6.45, 7) is 17.3. The molecule has 5 atom stereocenters. The van der Waals surface area contributed by atoms with Crippen LogP contribution in [0, 0.1) is 11.8 Å². The number of benzene rings is 1. The lowest BCUT2D eigenvalue weighted by atomic mass is 9.97. The number of carbonyl (C=O) groups is 4. The number of hydrogen-bond donors (Lipinski definition) is 4. The first kappa shape index (κ1) is 44.6. The molecule has 3 unspecified atom stereocenters. The van der Waals surface area contributed by atoms with Crippen LogP contribution >= 0.6 is 34.8 Å². The highest BCUT2D eigenvalue weighted by Gasteiger charge is 2.41. The summed E-state index contributed by atoms with van der Waals surface area (Å²) in [6, 6.07) is 6.58. The van der Waals surface area contributed by atoms with Crippen LogP contribution in [0.25, 0.3) is 17.0 Å². The van der Waals surface area contributed by atoms with Crippen LogP contribution in [-0.2, 0) is 34.9 Å². The molecular weight excluding hydrogens is 761 g/mol. The zero-order chi connectivity index (χ0) is 39.9. The number of aliphatic hydroxyl groups excluding tert-OH is 1. The maximum Gasteiger partial charge on any atom is 0.325 e. The van der Waals surface area contributed by atoms with Gasteiger partial charge in [-0.3, -0.25) is 29.2 Å². The van der Waals surface area contributed by atoms with Gasteiger partial charge in [0.2, 0.25) is 15.6 Å². The van der Waals surface area contributed by atoms with E-state index in [-0.39, 0.29) is 17.6 Å². The Bertz CT molecular complexity index is 1650. The molecule has 1 aromatic heterocycles. The molecule has 0 spiro atoms. The van der Waals surface area contributed by atoms with Crippen molar-refractivity contribution in [1.82, 2.24) is 26.1 Å². The SMILES string of the molecule is CC(C)C(NC(=O)[C@H](/C=C/c1ccc2ccc(CO)nc2c1)C(C)O[Si](C)(C)C(C)(C)C)C(=O)N[C@@H](C)C(=O)N1CCCC(C(=O)OCC(Cl)(Cl)Cl)N1. The predicted octanol–water partition coefficient (Wildman–Crippen LogP) is 5.82. The molecule has 16 heteroatoms. The first-order valence-electron chi connectivity index (χ1n) is 17.8. The molecule has 1 fully saturated rings. The lowest BCUT2D eigenvalue weighted by Gasteiger charge is -2.40. The molecule has 53 heavy (non-hydrogen) atoms. The van der Waals surface area contributed by atoms with Gasteiger partial charge >= 0.3 is 5.97 Å². The molecule has 0 aliphatic carbocycles. The van der Waals surface area contributed by atoms with Gasteiger partial charge in [-0.25, -0.2) is 5.43 Å². The number of carbonyl (C=O) groups excluding carboxylic acids is 4. The number of pyridine rings is 1. The van der Waals surface area contributed by atoms with Gasteiger partial charge in [-0.2, -0.15) is 0 Å². The highest BCUT2D eigenvalue weighted by molar-refractivity contribution is 6.74. The molecule has 1 aromatic carbocycles. The van der Waals surface area contributed by atoms with Crippen molar-refractivity contribution in [2.24, 2.45) is 11.8 Å². The second-order valence-corrected chi connectivity index (χ2v) is 22.7. The molecule has 3 amide bonds. The summed E-state index contributed by atoms with van der Waals surface area (Å²) in [4.78, 5) is 58.2. The first-order valence-corrected chi connectivity index (χ1v) is 21.9. The van der Waals surface area contributed by atoms with Crippen LogP contribution in [0.2, 0.25) is 18.1 Å². The van der Waals surface area contributed by atoms with Crippen molar-refractivity contribution in [1.29, 1.82) is 0 Å². The number of halogens is 3. The van der Waals surface area contributed by atoms with E-state index in [9.17, 15) is 24.3 Å². The fourth-order valence-electron chi connectivity index (χ4n) is 5.51. The quantitative estimate of drug-likeness (QED) is 0.105. The van der Waals surface area contributed by atoms with Crippen molar-refractivity contribution in [3.63, 3.8) is 0 Å².